The van der Waals surface area contributed by atoms with E-state index in [1.54, 1.807) is 18.3 Å². The van der Waals surface area contributed by atoms with E-state index in [1.807, 2.05) is 48.5 Å². The quantitative estimate of drug-likeness (QED) is 0.366. The van der Waals surface area contributed by atoms with Crippen LogP contribution in [-0.4, -0.2) is 17.7 Å². The zero-order valence-electron chi connectivity index (χ0n) is 15.0. The molecular formula is C24H20N2O. The van der Waals surface area contributed by atoms with Gasteiger partial charge < -0.3 is 0 Å². The maximum atomic E-state index is 12.9. The van der Waals surface area contributed by atoms with Gasteiger partial charge in [-0.1, -0.05) is 72.8 Å². The molecule has 4 rings (SSSR count). The van der Waals surface area contributed by atoms with Gasteiger partial charge in [0.15, 0.2) is 0 Å². The number of carbonyl (C=O) groups is 1. The number of fused-ring (bicyclic) bond motifs is 1. The molecule has 0 spiro atoms. The number of benzene rings is 3. The van der Waals surface area contributed by atoms with Gasteiger partial charge in [-0.15, -0.1) is 5.10 Å². The van der Waals surface area contributed by atoms with Crippen molar-refractivity contribution in [3.05, 3.63) is 107 Å². The molecule has 3 nitrogen and oxygen atoms in total. The van der Waals surface area contributed by atoms with E-state index in [-0.39, 0.29) is 5.78 Å². The minimum Gasteiger partial charge on any atom is -0.287 e. The monoisotopic (exact) mass is 352 g/mol. The average Bonchev–Trinajstić information content (AvgIpc) is 3.20. The third-order valence-electron chi connectivity index (χ3n) is 4.79. The van der Waals surface area contributed by atoms with E-state index in [4.69, 9.17) is 0 Å². The van der Waals surface area contributed by atoms with Crippen LogP contribution in [0.1, 0.15) is 39.0 Å². The normalized spacial score (nSPS) is 13.7. The Morgan fingerprint density at radius 2 is 1.44 bits per heavy atom. The van der Waals surface area contributed by atoms with Gasteiger partial charge in [0.05, 0.1) is 6.21 Å². The van der Waals surface area contributed by atoms with E-state index in [0.29, 0.717) is 11.3 Å². The Morgan fingerprint density at radius 3 is 2.19 bits per heavy atom. The third kappa shape index (κ3) is 3.93. The van der Waals surface area contributed by atoms with Gasteiger partial charge in [-0.2, -0.15) is 5.10 Å². The maximum Gasteiger partial charge on any atom is 0.213 e. The predicted octanol–water partition coefficient (Wildman–Crippen LogP) is 4.88. The van der Waals surface area contributed by atoms with Gasteiger partial charge in [-0.3, -0.25) is 4.79 Å². The summed E-state index contributed by atoms with van der Waals surface area (Å²) in [6.45, 7) is 0. The summed E-state index contributed by atoms with van der Waals surface area (Å²) >= 11 is 0. The van der Waals surface area contributed by atoms with Gasteiger partial charge in [0.25, 0.3) is 0 Å². The van der Waals surface area contributed by atoms with Crippen LogP contribution in [0, 0.1) is 0 Å². The second kappa shape index (κ2) is 7.92. The highest BCUT2D eigenvalue weighted by atomic mass is 16.1. The van der Waals surface area contributed by atoms with Crippen molar-refractivity contribution in [2.24, 2.45) is 10.2 Å². The highest BCUT2D eigenvalue weighted by Crippen LogP contribution is 2.22. The number of Topliss-reactive ketones (excluding diaryl/α,β-unsaturated/α-hetero) is 1. The molecule has 0 bridgehead atoms. The average molecular weight is 352 g/mol. The number of aryl methyl sites for hydroxylation is 2. The summed E-state index contributed by atoms with van der Waals surface area (Å²) in [7, 11) is 0. The molecule has 0 heterocycles. The van der Waals surface area contributed by atoms with Crippen LogP contribution in [0.4, 0.5) is 0 Å². The first-order valence-corrected chi connectivity index (χ1v) is 9.19. The van der Waals surface area contributed by atoms with E-state index >= 15 is 0 Å². The highest BCUT2D eigenvalue weighted by Gasteiger charge is 2.16. The second-order valence-corrected chi connectivity index (χ2v) is 6.64. The molecule has 0 N–H and O–H groups in total. The molecule has 1 aliphatic rings. The molecule has 0 saturated heterocycles. The molecule has 132 valence electrons. The Labute approximate surface area is 159 Å². The van der Waals surface area contributed by atoms with Gasteiger partial charge in [-0.25, -0.2) is 0 Å². The lowest BCUT2D eigenvalue weighted by Crippen LogP contribution is -2.15. The van der Waals surface area contributed by atoms with Gasteiger partial charge in [0, 0.05) is 11.1 Å². The summed E-state index contributed by atoms with van der Waals surface area (Å²) in [4.78, 5) is 12.9. The van der Waals surface area contributed by atoms with Crippen LogP contribution < -0.4 is 0 Å². The summed E-state index contributed by atoms with van der Waals surface area (Å²) < 4.78 is 0. The molecule has 3 heteroatoms. The maximum absolute atomic E-state index is 12.9. The van der Waals surface area contributed by atoms with Crippen molar-refractivity contribution in [1.82, 2.24) is 0 Å². The molecule has 0 saturated carbocycles. The Kier molecular flexibility index (Phi) is 5.01. The largest absolute Gasteiger partial charge is 0.287 e. The van der Waals surface area contributed by atoms with Gasteiger partial charge >= 0.3 is 0 Å². The van der Waals surface area contributed by atoms with Crippen molar-refractivity contribution in [2.45, 2.75) is 19.3 Å². The van der Waals surface area contributed by atoms with Gasteiger partial charge in [0.1, 0.15) is 5.71 Å². The van der Waals surface area contributed by atoms with Crippen molar-refractivity contribution in [3.8, 4) is 0 Å². The molecule has 1 aliphatic carbocycles. The Balaban J connectivity index is 1.65. The first kappa shape index (κ1) is 17.1. The van der Waals surface area contributed by atoms with E-state index in [9.17, 15) is 4.79 Å². The molecule has 0 atom stereocenters. The number of ketones is 1. The number of carbonyl (C=O) groups excluding carboxylic acids is 1. The fourth-order valence-corrected chi connectivity index (χ4v) is 3.38. The molecule has 0 unspecified atom stereocenters. The van der Waals surface area contributed by atoms with E-state index < -0.39 is 0 Å². The number of hydrogen-bond acceptors (Lipinski definition) is 3. The lowest BCUT2D eigenvalue weighted by atomic mass is 10.0. The molecule has 27 heavy (non-hydrogen) atoms. The van der Waals surface area contributed by atoms with Crippen LogP contribution >= 0.6 is 0 Å². The van der Waals surface area contributed by atoms with Crippen molar-refractivity contribution in [3.63, 3.8) is 0 Å². The fraction of sp³-hybridized carbons (Fsp3) is 0.125. The summed E-state index contributed by atoms with van der Waals surface area (Å²) in [5, 5.41) is 8.53. The number of hydrogen-bond donors (Lipinski definition) is 0. The summed E-state index contributed by atoms with van der Waals surface area (Å²) in [5.74, 6) is -0.132. The molecule has 0 fully saturated rings. The van der Waals surface area contributed by atoms with Crippen LogP contribution in [0.15, 0.2) is 89.1 Å². The lowest BCUT2D eigenvalue weighted by molar-refractivity contribution is 0.106. The van der Waals surface area contributed by atoms with Crippen LogP contribution in [0.25, 0.3) is 0 Å². The Morgan fingerprint density at radius 1 is 0.778 bits per heavy atom. The predicted molar refractivity (Wildman–Crippen MR) is 110 cm³/mol. The van der Waals surface area contributed by atoms with E-state index in [1.165, 1.54) is 17.5 Å². The van der Waals surface area contributed by atoms with Gasteiger partial charge in [-0.05, 0) is 42.0 Å². The van der Waals surface area contributed by atoms with Crippen molar-refractivity contribution >= 4 is 17.7 Å². The standard InChI is InChI=1S/C24H20N2O/c27-24(21-10-5-2-6-11-21)23(20-8-3-1-4-9-20)26-25-17-18-14-15-19-12-7-13-22(19)16-18/h1-6,8-11,14-17H,7,12-13H2/b25-17-,26-23-. The molecule has 0 aromatic heterocycles. The molecule has 0 amide bonds. The zero-order chi connectivity index (χ0) is 18.5. The van der Waals surface area contributed by atoms with Crippen LogP contribution in [0.3, 0.4) is 0 Å². The Hall–Kier alpha value is -3.33. The second-order valence-electron chi connectivity index (χ2n) is 6.64. The van der Waals surface area contributed by atoms with Crippen LogP contribution in [-0.2, 0) is 12.8 Å². The third-order valence-corrected chi connectivity index (χ3v) is 4.79. The highest BCUT2D eigenvalue weighted by molar-refractivity contribution is 6.51. The van der Waals surface area contributed by atoms with E-state index in [2.05, 4.69) is 28.4 Å². The molecule has 3 aromatic rings. The Bertz CT molecular complexity index is 1010. The molecule has 0 aliphatic heterocycles. The van der Waals surface area contributed by atoms with E-state index in [0.717, 1.165) is 24.0 Å². The molecule has 0 radical (unpaired) electrons. The zero-order valence-corrected chi connectivity index (χ0v) is 15.0. The van der Waals surface area contributed by atoms with Crippen LogP contribution in [0.5, 0.6) is 0 Å². The fourth-order valence-electron chi connectivity index (χ4n) is 3.38. The topological polar surface area (TPSA) is 41.8 Å². The van der Waals surface area contributed by atoms with Crippen molar-refractivity contribution in [1.29, 1.82) is 0 Å². The number of rotatable bonds is 5. The van der Waals surface area contributed by atoms with Crippen LogP contribution in [0.2, 0.25) is 0 Å². The summed E-state index contributed by atoms with van der Waals surface area (Å²) in [6, 6.07) is 25.1. The molecular weight excluding hydrogens is 332 g/mol. The first-order chi connectivity index (χ1) is 13.3. The SMILES string of the molecule is O=C(/C(=N\N=C/c1ccc2c(c1)CCC2)c1ccccc1)c1ccccc1. The minimum absolute atomic E-state index is 0.132. The van der Waals surface area contributed by atoms with Crippen molar-refractivity contribution < 1.29 is 4.79 Å². The van der Waals surface area contributed by atoms with Gasteiger partial charge in [0.2, 0.25) is 5.78 Å². The molecule has 3 aromatic carbocycles. The lowest BCUT2D eigenvalue weighted by Gasteiger charge is -2.04. The first-order valence-electron chi connectivity index (χ1n) is 9.19. The van der Waals surface area contributed by atoms with Crippen molar-refractivity contribution in [2.75, 3.05) is 0 Å². The summed E-state index contributed by atoms with van der Waals surface area (Å²) in [6.07, 6.45) is 5.23. The summed E-state index contributed by atoms with van der Waals surface area (Å²) in [5.41, 5.74) is 5.55. The smallest absolute Gasteiger partial charge is 0.213 e. The number of nitrogens with zero attached hydrogens (tertiary/aromatic N) is 2. The minimum atomic E-state index is -0.132.